The predicted octanol–water partition coefficient (Wildman–Crippen LogP) is 4.62. The summed E-state index contributed by atoms with van der Waals surface area (Å²) in [5.41, 5.74) is 0.695. The van der Waals surface area contributed by atoms with E-state index in [9.17, 15) is 9.90 Å². The molecule has 2 amide bonds. The Balaban J connectivity index is 1.60. The highest BCUT2D eigenvalue weighted by Crippen LogP contribution is 2.33. The van der Waals surface area contributed by atoms with Crippen molar-refractivity contribution in [1.29, 1.82) is 0 Å². The standard InChI is InChI=1S/C18H18BrClN2O2/c19-14-3-7-16(8-4-14)21-17(23)22-11-9-18(24,10-12-22)13-1-5-15(20)6-2-13/h1-8,24H,9-12H2,(H,21,23). The van der Waals surface area contributed by atoms with E-state index >= 15 is 0 Å². The van der Waals surface area contributed by atoms with Crippen LogP contribution >= 0.6 is 27.5 Å². The quantitative estimate of drug-likeness (QED) is 0.760. The molecule has 6 heteroatoms. The zero-order valence-electron chi connectivity index (χ0n) is 13.0. The lowest BCUT2D eigenvalue weighted by Crippen LogP contribution is -2.46. The third kappa shape index (κ3) is 3.91. The van der Waals surface area contributed by atoms with E-state index in [0.717, 1.165) is 15.7 Å². The van der Waals surface area contributed by atoms with Crippen LogP contribution in [0.15, 0.2) is 53.0 Å². The van der Waals surface area contributed by atoms with Crippen molar-refractivity contribution in [2.24, 2.45) is 0 Å². The summed E-state index contributed by atoms with van der Waals surface area (Å²) in [5, 5.41) is 14.4. The summed E-state index contributed by atoms with van der Waals surface area (Å²) in [6.45, 7) is 1.00. The van der Waals surface area contributed by atoms with Crippen molar-refractivity contribution in [1.82, 2.24) is 4.90 Å². The molecule has 24 heavy (non-hydrogen) atoms. The number of aliphatic hydroxyl groups is 1. The van der Waals surface area contributed by atoms with E-state index in [-0.39, 0.29) is 6.03 Å². The maximum atomic E-state index is 12.3. The van der Waals surface area contributed by atoms with Gasteiger partial charge in [-0.25, -0.2) is 4.79 Å². The summed E-state index contributed by atoms with van der Waals surface area (Å²) in [6, 6.07) is 14.6. The molecule has 2 aromatic carbocycles. The van der Waals surface area contributed by atoms with Gasteiger partial charge < -0.3 is 15.3 Å². The molecule has 0 radical (unpaired) electrons. The third-order valence-electron chi connectivity index (χ3n) is 4.35. The lowest BCUT2D eigenvalue weighted by molar-refractivity contribution is -0.0156. The second-order valence-electron chi connectivity index (χ2n) is 5.96. The number of urea groups is 1. The van der Waals surface area contributed by atoms with Gasteiger partial charge in [-0.05, 0) is 54.8 Å². The molecule has 126 valence electrons. The fourth-order valence-corrected chi connectivity index (χ4v) is 3.25. The molecule has 1 fully saturated rings. The van der Waals surface area contributed by atoms with Crippen LogP contribution in [0.4, 0.5) is 10.5 Å². The van der Waals surface area contributed by atoms with Gasteiger partial charge in [0.2, 0.25) is 0 Å². The molecule has 0 bridgehead atoms. The zero-order chi connectivity index (χ0) is 17.2. The van der Waals surface area contributed by atoms with Crippen LogP contribution in [0.5, 0.6) is 0 Å². The Morgan fingerprint density at radius 3 is 2.25 bits per heavy atom. The van der Waals surface area contributed by atoms with Crippen molar-refractivity contribution in [3.05, 3.63) is 63.6 Å². The normalized spacial score (nSPS) is 16.7. The minimum Gasteiger partial charge on any atom is -0.385 e. The van der Waals surface area contributed by atoms with Crippen LogP contribution < -0.4 is 5.32 Å². The molecule has 0 saturated carbocycles. The second-order valence-corrected chi connectivity index (χ2v) is 7.31. The summed E-state index contributed by atoms with van der Waals surface area (Å²) in [7, 11) is 0. The summed E-state index contributed by atoms with van der Waals surface area (Å²) in [4.78, 5) is 14.1. The molecule has 0 unspecified atom stereocenters. The maximum Gasteiger partial charge on any atom is 0.321 e. The Hall–Kier alpha value is -1.56. The number of piperidine rings is 1. The maximum absolute atomic E-state index is 12.3. The highest BCUT2D eigenvalue weighted by molar-refractivity contribution is 9.10. The van der Waals surface area contributed by atoms with Crippen LogP contribution in [0.2, 0.25) is 5.02 Å². The van der Waals surface area contributed by atoms with Gasteiger partial charge in [0.25, 0.3) is 0 Å². The van der Waals surface area contributed by atoms with Crippen LogP contribution in [-0.2, 0) is 5.60 Å². The SMILES string of the molecule is O=C(Nc1ccc(Br)cc1)N1CCC(O)(c2ccc(Cl)cc2)CC1. The molecule has 1 heterocycles. The Kier molecular flexibility index (Phi) is 5.13. The van der Waals surface area contributed by atoms with E-state index in [1.165, 1.54) is 0 Å². The molecule has 1 saturated heterocycles. The highest BCUT2D eigenvalue weighted by Gasteiger charge is 2.35. The number of carbonyl (C=O) groups is 1. The minimum atomic E-state index is -0.904. The number of rotatable bonds is 2. The third-order valence-corrected chi connectivity index (χ3v) is 5.14. The largest absolute Gasteiger partial charge is 0.385 e. The molecular weight excluding hydrogens is 392 g/mol. The van der Waals surface area contributed by atoms with Crippen LogP contribution in [0.25, 0.3) is 0 Å². The van der Waals surface area contributed by atoms with Gasteiger partial charge in [0, 0.05) is 28.3 Å². The molecule has 0 spiro atoms. The van der Waals surface area contributed by atoms with Gasteiger partial charge in [-0.2, -0.15) is 0 Å². The minimum absolute atomic E-state index is 0.143. The van der Waals surface area contributed by atoms with E-state index in [2.05, 4.69) is 21.2 Å². The molecule has 3 rings (SSSR count). The lowest BCUT2D eigenvalue weighted by Gasteiger charge is -2.38. The number of anilines is 1. The fraction of sp³-hybridized carbons (Fsp3) is 0.278. The first kappa shape index (κ1) is 17.3. The topological polar surface area (TPSA) is 52.6 Å². The van der Waals surface area contributed by atoms with Gasteiger partial charge in [-0.1, -0.05) is 39.7 Å². The average Bonchev–Trinajstić information content (AvgIpc) is 2.58. The number of benzene rings is 2. The summed E-state index contributed by atoms with van der Waals surface area (Å²) in [5.74, 6) is 0. The molecule has 2 N–H and O–H groups in total. The number of hydrogen-bond acceptors (Lipinski definition) is 2. The van der Waals surface area contributed by atoms with Gasteiger partial charge in [0.15, 0.2) is 0 Å². The number of carbonyl (C=O) groups excluding carboxylic acids is 1. The molecule has 0 atom stereocenters. The molecule has 4 nitrogen and oxygen atoms in total. The zero-order valence-corrected chi connectivity index (χ0v) is 15.3. The Morgan fingerprint density at radius 2 is 1.67 bits per heavy atom. The van der Waals surface area contributed by atoms with E-state index in [0.29, 0.717) is 31.0 Å². The Labute approximate surface area is 154 Å². The monoisotopic (exact) mass is 408 g/mol. The average molecular weight is 410 g/mol. The number of halogens is 2. The van der Waals surface area contributed by atoms with Crippen molar-refractivity contribution in [2.75, 3.05) is 18.4 Å². The van der Waals surface area contributed by atoms with Crippen LogP contribution in [-0.4, -0.2) is 29.1 Å². The van der Waals surface area contributed by atoms with E-state index < -0.39 is 5.60 Å². The van der Waals surface area contributed by atoms with Crippen LogP contribution in [0.3, 0.4) is 0 Å². The molecule has 0 aromatic heterocycles. The number of nitrogens with one attached hydrogen (secondary N) is 1. The van der Waals surface area contributed by atoms with Crippen molar-refractivity contribution >= 4 is 39.2 Å². The van der Waals surface area contributed by atoms with Gasteiger partial charge in [0.05, 0.1) is 5.60 Å². The smallest absolute Gasteiger partial charge is 0.321 e. The number of likely N-dealkylation sites (tertiary alicyclic amines) is 1. The fourth-order valence-electron chi connectivity index (χ4n) is 2.86. The van der Waals surface area contributed by atoms with E-state index in [4.69, 9.17) is 11.6 Å². The van der Waals surface area contributed by atoms with Crippen molar-refractivity contribution in [3.63, 3.8) is 0 Å². The van der Waals surface area contributed by atoms with Crippen LogP contribution in [0.1, 0.15) is 18.4 Å². The van der Waals surface area contributed by atoms with Crippen molar-refractivity contribution in [2.45, 2.75) is 18.4 Å². The molecule has 2 aromatic rings. The van der Waals surface area contributed by atoms with Crippen molar-refractivity contribution in [3.8, 4) is 0 Å². The van der Waals surface area contributed by atoms with Gasteiger partial charge in [-0.15, -0.1) is 0 Å². The Morgan fingerprint density at radius 1 is 1.08 bits per heavy atom. The summed E-state index contributed by atoms with van der Waals surface area (Å²) < 4.78 is 0.964. The molecular formula is C18H18BrClN2O2. The van der Waals surface area contributed by atoms with Gasteiger partial charge in [0.1, 0.15) is 0 Å². The lowest BCUT2D eigenvalue weighted by atomic mass is 9.84. The Bertz CT molecular complexity index is 711. The number of nitrogens with zero attached hydrogens (tertiary/aromatic N) is 1. The second kappa shape index (κ2) is 7.13. The highest BCUT2D eigenvalue weighted by atomic mass is 79.9. The van der Waals surface area contributed by atoms with E-state index in [1.54, 1.807) is 17.0 Å². The van der Waals surface area contributed by atoms with Gasteiger partial charge >= 0.3 is 6.03 Å². The first-order valence-corrected chi connectivity index (χ1v) is 8.93. The first-order valence-electron chi connectivity index (χ1n) is 7.76. The number of hydrogen-bond donors (Lipinski definition) is 2. The van der Waals surface area contributed by atoms with Crippen LogP contribution in [0, 0.1) is 0 Å². The molecule has 1 aliphatic rings. The molecule has 1 aliphatic heterocycles. The number of amides is 2. The first-order chi connectivity index (χ1) is 11.5. The molecule has 0 aliphatic carbocycles. The predicted molar refractivity (Wildman–Crippen MR) is 99.3 cm³/mol. The summed E-state index contributed by atoms with van der Waals surface area (Å²) in [6.07, 6.45) is 1.00. The van der Waals surface area contributed by atoms with Crippen molar-refractivity contribution < 1.29 is 9.90 Å². The summed E-state index contributed by atoms with van der Waals surface area (Å²) >= 11 is 9.27. The van der Waals surface area contributed by atoms with Gasteiger partial charge in [-0.3, -0.25) is 0 Å². The van der Waals surface area contributed by atoms with E-state index in [1.807, 2.05) is 36.4 Å².